The van der Waals surface area contributed by atoms with Crippen molar-refractivity contribution in [3.63, 3.8) is 0 Å². The summed E-state index contributed by atoms with van der Waals surface area (Å²) in [4.78, 5) is 24.9. The molecular formula is C16H20ClN5O3. The van der Waals surface area contributed by atoms with Gasteiger partial charge in [-0.05, 0) is 25.1 Å². The van der Waals surface area contributed by atoms with E-state index in [-0.39, 0.29) is 30.0 Å². The normalized spacial score (nSPS) is 16.3. The number of aromatic nitrogens is 2. The number of carbonyl (C=O) groups excluding carboxylic acids is 1. The Labute approximate surface area is 151 Å². The second-order valence-electron chi connectivity index (χ2n) is 5.93. The Kier molecular flexibility index (Phi) is 5.76. The van der Waals surface area contributed by atoms with Crippen LogP contribution in [0.1, 0.15) is 16.8 Å². The van der Waals surface area contributed by atoms with Crippen molar-refractivity contribution >= 4 is 24.0 Å². The zero-order valence-corrected chi connectivity index (χ0v) is 14.8. The molecule has 1 fully saturated rings. The highest BCUT2D eigenvalue weighted by Crippen LogP contribution is 2.26. The molecule has 1 atom stereocenters. The summed E-state index contributed by atoms with van der Waals surface area (Å²) in [5, 5.41) is 18.4. The number of nitro groups is 1. The lowest BCUT2D eigenvalue weighted by Gasteiger charge is -2.23. The zero-order chi connectivity index (χ0) is 17.3. The number of benzene rings is 1. The van der Waals surface area contributed by atoms with Gasteiger partial charge in [-0.15, -0.1) is 12.4 Å². The number of nitrogens with one attached hydrogen (secondary N) is 1. The van der Waals surface area contributed by atoms with Crippen LogP contribution in [0.4, 0.5) is 5.69 Å². The molecule has 2 aromatic rings. The zero-order valence-electron chi connectivity index (χ0n) is 14.0. The molecule has 1 aromatic heterocycles. The van der Waals surface area contributed by atoms with Crippen molar-refractivity contribution in [1.29, 1.82) is 0 Å². The Morgan fingerprint density at radius 1 is 1.40 bits per heavy atom. The lowest BCUT2D eigenvalue weighted by atomic mass is 10.1. The third-order valence-corrected chi connectivity index (χ3v) is 4.31. The predicted octanol–water partition coefficient (Wildman–Crippen LogP) is 1.85. The highest BCUT2D eigenvalue weighted by atomic mass is 35.5. The molecular weight excluding hydrogens is 346 g/mol. The maximum absolute atomic E-state index is 12.9. The van der Waals surface area contributed by atoms with Crippen LogP contribution < -0.4 is 5.32 Å². The number of hydrogen-bond donors (Lipinski definition) is 1. The fourth-order valence-electron chi connectivity index (χ4n) is 2.93. The first-order chi connectivity index (χ1) is 11.5. The summed E-state index contributed by atoms with van der Waals surface area (Å²) >= 11 is 0. The van der Waals surface area contributed by atoms with E-state index in [9.17, 15) is 14.9 Å². The van der Waals surface area contributed by atoms with Crippen molar-refractivity contribution in [2.24, 2.45) is 7.05 Å². The van der Waals surface area contributed by atoms with E-state index in [0.717, 1.165) is 19.5 Å². The van der Waals surface area contributed by atoms with Crippen molar-refractivity contribution in [2.45, 2.75) is 12.5 Å². The Bertz CT molecular complexity index is 769. The highest BCUT2D eigenvalue weighted by Gasteiger charge is 2.27. The quantitative estimate of drug-likeness (QED) is 0.659. The van der Waals surface area contributed by atoms with Crippen molar-refractivity contribution in [3.05, 3.63) is 46.1 Å². The SMILES string of the molecule is CN(C(=O)c1cn(C)nc1-c1ccc([N+](=O)[O-])cc1)C1CCNC1.Cl. The summed E-state index contributed by atoms with van der Waals surface area (Å²) in [5.74, 6) is -0.0925. The van der Waals surface area contributed by atoms with Crippen molar-refractivity contribution in [3.8, 4) is 11.3 Å². The van der Waals surface area contributed by atoms with Gasteiger partial charge in [0.2, 0.25) is 0 Å². The lowest BCUT2D eigenvalue weighted by Crippen LogP contribution is -2.38. The van der Waals surface area contributed by atoms with Gasteiger partial charge in [0, 0.05) is 50.6 Å². The summed E-state index contributed by atoms with van der Waals surface area (Å²) in [7, 11) is 3.55. The van der Waals surface area contributed by atoms with Crippen LogP contribution in [0.25, 0.3) is 11.3 Å². The van der Waals surface area contributed by atoms with E-state index in [1.165, 1.54) is 12.1 Å². The average molecular weight is 366 g/mol. The van der Waals surface area contributed by atoms with E-state index < -0.39 is 4.92 Å². The molecule has 25 heavy (non-hydrogen) atoms. The first-order valence-corrected chi connectivity index (χ1v) is 7.73. The van der Waals surface area contributed by atoms with Crippen molar-refractivity contribution in [1.82, 2.24) is 20.0 Å². The number of carbonyl (C=O) groups is 1. The molecule has 0 spiro atoms. The van der Waals surface area contributed by atoms with Crippen molar-refractivity contribution < 1.29 is 9.72 Å². The second-order valence-corrected chi connectivity index (χ2v) is 5.93. The summed E-state index contributed by atoms with van der Waals surface area (Å²) in [6, 6.07) is 6.25. The Morgan fingerprint density at radius 3 is 2.64 bits per heavy atom. The molecule has 1 aliphatic rings. The molecule has 9 heteroatoms. The van der Waals surface area contributed by atoms with Gasteiger partial charge in [0.1, 0.15) is 5.69 Å². The third kappa shape index (κ3) is 3.80. The number of nitrogens with zero attached hydrogens (tertiary/aromatic N) is 4. The minimum atomic E-state index is -0.449. The van der Waals surface area contributed by atoms with Gasteiger partial charge in [0.25, 0.3) is 11.6 Å². The van der Waals surface area contributed by atoms with Gasteiger partial charge < -0.3 is 10.2 Å². The van der Waals surface area contributed by atoms with Crippen molar-refractivity contribution in [2.75, 3.05) is 20.1 Å². The van der Waals surface area contributed by atoms with E-state index in [4.69, 9.17) is 0 Å². The summed E-state index contributed by atoms with van der Waals surface area (Å²) in [6.45, 7) is 1.69. The molecule has 1 unspecified atom stereocenters. The maximum atomic E-state index is 12.9. The monoisotopic (exact) mass is 365 g/mol. The Morgan fingerprint density at radius 2 is 2.08 bits per heavy atom. The molecule has 134 valence electrons. The maximum Gasteiger partial charge on any atom is 0.269 e. The van der Waals surface area contributed by atoms with E-state index in [2.05, 4.69) is 10.4 Å². The van der Waals surface area contributed by atoms with Crippen LogP contribution in [0.3, 0.4) is 0 Å². The topological polar surface area (TPSA) is 93.3 Å². The molecule has 1 saturated heterocycles. The average Bonchev–Trinajstić information content (AvgIpc) is 3.23. The number of halogens is 1. The first kappa shape index (κ1) is 18.9. The number of rotatable bonds is 4. The van der Waals surface area contributed by atoms with Gasteiger partial charge in [0.15, 0.2) is 0 Å². The summed E-state index contributed by atoms with van der Waals surface area (Å²) in [6.07, 6.45) is 2.62. The number of amides is 1. The van der Waals surface area contributed by atoms with Gasteiger partial charge in [-0.3, -0.25) is 19.6 Å². The van der Waals surface area contributed by atoms with Crippen LogP contribution >= 0.6 is 12.4 Å². The Balaban J connectivity index is 0.00000225. The van der Waals surface area contributed by atoms with E-state index in [1.807, 2.05) is 0 Å². The number of likely N-dealkylation sites (N-methyl/N-ethyl adjacent to an activating group) is 1. The molecule has 0 bridgehead atoms. The van der Waals surface area contributed by atoms with E-state index in [0.29, 0.717) is 16.8 Å². The number of hydrogen-bond acceptors (Lipinski definition) is 5. The first-order valence-electron chi connectivity index (χ1n) is 7.73. The van der Waals surface area contributed by atoms with Crippen LogP contribution in [0, 0.1) is 10.1 Å². The summed E-state index contributed by atoms with van der Waals surface area (Å²) in [5.41, 5.74) is 1.73. The molecule has 2 heterocycles. The predicted molar refractivity (Wildman–Crippen MR) is 95.9 cm³/mol. The molecule has 1 N–H and O–H groups in total. The molecule has 0 saturated carbocycles. The smallest absolute Gasteiger partial charge is 0.269 e. The second kappa shape index (κ2) is 7.62. The van der Waals surface area contributed by atoms with Crippen LogP contribution in [0.2, 0.25) is 0 Å². The van der Waals surface area contributed by atoms with E-state index >= 15 is 0 Å². The standard InChI is InChI=1S/C16H19N5O3.ClH/c1-19-10-14(16(22)20(2)13-7-8-17-9-13)15(18-19)11-3-5-12(6-4-11)21(23)24;/h3-6,10,13,17H,7-9H2,1-2H3;1H. The largest absolute Gasteiger partial charge is 0.337 e. The van der Waals surface area contributed by atoms with Crippen LogP contribution in [0.5, 0.6) is 0 Å². The van der Waals surface area contributed by atoms with Crippen LogP contribution in [-0.2, 0) is 7.05 Å². The molecule has 1 aliphatic heterocycles. The molecule has 0 aliphatic carbocycles. The van der Waals surface area contributed by atoms with Gasteiger partial charge in [0.05, 0.1) is 10.5 Å². The highest BCUT2D eigenvalue weighted by molar-refractivity contribution is 5.99. The van der Waals surface area contributed by atoms with Gasteiger partial charge in [-0.2, -0.15) is 5.10 Å². The molecule has 1 amide bonds. The number of nitro benzene ring substituents is 1. The van der Waals surface area contributed by atoms with Gasteiger partial charge >= 0.3 is 0 Å². The van der Waals surface area contributed by atoms with Crippen LogP contribution in [0.15, 0.2) is 30.5 Å². The number of non-ortho nitro benzene ring substituents is 1. The minimum Gasteiger partial charge on any atom is -0.337 e. The fourth-order valence-corrected chi connectivity index (χ4v) is 2.93. The fraction of sp³-hybridized carbons (Fsp3) is 0.375. The molecule has 0 radical (unpaired) electrons. The number of aryl methyl sites for hydroxylation is 1. The van der Waals surface area contributed by atoms with Gasteiger partial charge in [-0.25, -0.2) is 0 Å². The lowest BCUT2D eigenvalue weighted by molar-refractivity contribution is -0.384. The third-order valence-electron chi connectivity index (χ3n) is 4.31. The van der Waals surface area contributed by atoms with E-state index in [1.54, 1.807) is 42.0 Å². The summed E-state index contributed by atoms with van der Waals surface area (Å²) < 4.78 is 1.59. The molecule has 1 aromatic carbocycles. The van der Waals surface area contributed by atoms with Crippen LogP contribution in [-0.4, -0.2) is 51.7 Å². The Hall–Kier alpha value is -2.45. The molecule has 8 nitrogen and oxygen atoms in total. The van der Waals surface area contributed by atoms with Gasteiger partial charge in [-0.1, -0.05) is 0 Å². The molecule has 3 rings (SSSR count). The minimum absolute atomic E-state index is 0.